The Morgan fingerprint density at radius 1 is 0.739 bits per heavy atom. The molecule has 4 heteroatoms. The van der Waals surface area contributed by atoms with Crippen LogP contribution in [-0.4, -0.2) is 16.6 Å². The summed E-state index contributed by atoms with van der Waals surface area (Å²) in [4.78, 5) is 8.04. The van der Waals surface area contributed by atoms with E-state index < -0.39 is 0 Å². The van der Waals surface area contributed by atoms with Gasteiger partial charge in [0.25, 0.3) is 0 Å². The van der Waals surface area contributed by atoms with Crippen LogP contribution in [-0.2, 0) is 0 Å². The Morgan fingerprint density at radius 2 is 1.46 bits per heavy atom. The second-order valence-corrected chi connectivity index (χ2v) is 12.9. The molecular weight excluding hydrogens is 560 g/mol. The summed E-state index contributed by atoms with van der Waals surface area (Å²) in [7, 11) is 0. The highest BCUT2D eigenvalue weighted by molar-refractivity contribution is 6.04. The Kier molecular flexibility index (Phi) is 6.24. The first kappa shape index (κ1) is 27.0. The van der Waals surface area contributed by atoms with Crippen LogP contribution < -0.4 is 10.2 Å². The summed E-state index contributed by atoms with van der Waals surface area (Å²) in [5, 5.41) is 5.09. The highest BCUT2D eigenvalue weighted by Crippen LogP contribution is 2.57. The number of nitrogens with zero attached hydrogens (tertiary/aromatic N) is 3. The molecule has 0 saturated carbocycles. The van der Waals surface area contributed by atoms with E-state index in [1.807, 2.05) is 0 Å². The predicted octanol–water partition coefficient (Wildman–Crippen LogP) is 9.42. The fourth-order valence-electron chi connectivity index (χ4n) is 8.15. The molecule has 5 atom stereocenters. The largest absolute Gasteiger partial charge is 0.337 e. The van der Waals surface area contributed by atoms with Crippen LogP contribution in [0.25, 0.3) is 22.7 Å². The molecule has 4 aromatic carbocycles. The number of fused-ring (bicyclic) bond motifs is 6. The van der Waals surface area contributed by atoms with Gasteiger partial charge in [-0.25, -0.2) is 4.99 Å². The van der Waals surface area contributed by atoms with Gasteiger partial charge in [0.2, 0.25) is 5.96 Å². The summed E-state index contributed by atoms with van der Waals surface area (Å²) >= 11 is 0. The van der Waals surface area contributed by atoms with E-state index >= 15 is 0 Å². The van der Waals surface area contributed by atoms with Crippen molar-refractivity contribution in [2.45, 2.75) is 37.8 Å². The zero-order valence-corrected chi connectivity index (χ0v) is 26.1. The fourth-order valence-corrected chi connectivity index (χ4v) is 8.15. The zero-order valence-electron chi connectivity index (χ0n) is 26.1. The number of aromatic nitrogens is 1. The molecule has 2 aliphatic heterocycles. The van der Waals surface area contributed by atoms with Gasteiger partial charge in [-0.15, -0.1) is 0 Å². The summed E-state index contributed by atoms with van der Waals surface area (Å²) < 4.78 is 2.39. The highest BCUT2D eigenvalue weighted by Gasteiger charge is 2.45. The van der Waals surface area contributed by atoms with Gasteiger partial charge < -0.3 is 10.2 Å². The maximum Gasteiger partial charge on any atom is 0.208 e. The van der Waals surface area contributed by atoms with E-state index in [0.717, 1.165) is 17.2 Å². The third kappa shape index (κ3) is 4.10. The molecule has 9 rings (SSSR count). The number of anilines is 1. The lowest BCUT2D eigenvalue weighted by Gasteiger charge is -2.37. The third-order valence-corrected chi connectivity index (χ3v) is 10.3. The van der Waals surface area contributed by atoms with Crippen molar-refractivity contribution in [1.82, 2.24) is 9.88 Å². The molecule has 3 heterocycles. The molecule has 0 bridgehead atoms. The third-order valence-electron chi connectivity index (χ3n) is 10.3. The van der Waals surface area contributed by atoms with Crippen LogP contribution in [0.5, 0.6) is 0 Å². The highest BCUT2D eigenvalue weighted by atomic mass is 15.3. The standard InChI is InChI=1S/C42H36N4/c1-27-15-9-12-22-35(27)45-36-23-13-10-20-31(36)40-28(2)41-32-21-11-14-24-37(32)46(39(41)26-38(40)45)42-43-33(29-16-5-3-6-17-29)25-34(44-42)30-18-7-4-8-19-30/h3-28,33,35,40H,1-2H3,(H,43,44). The van der Waals surface area contributed by atoms with Crippen LogP contribution >= 0.6 is 0 Å². The van der Waals surface area contributed by atoms with Gasteiger partial charge in [-0.2, -0.15) is 0 Å². The van der Waals surface area contributed by atoms with Crippen molar-refractivity contribution in [1.29, 1.82) is 0 Å². The van der Waals surface area contributed by atoms with Gasteiger partial charge >= 0.3 is 0 Å². The summed E-state index contributed by atoms with van der Waals surface area (Å²) in [6, 6.07) is 39.3. The fraction of sp³-hybridized carbons (Fsp3) is 0.167. The summed E-state index contributed by atoms with van der Waals surface area (Å²) in [5.74, 6) is 1.82. The van der Waals surface area contributed by atoms with Crippen molar-refractivity contribution in [3.63, 3.8) is 0 Å². The minimum absolute atomic E-state index is 0.113. The van der Waals surface area contributed by atoms with Crippen molar-refractivity contribution in [2.75, 3.05) is 4.90 Å². The van der Waals surface area contributed by atoms with Gasteiger partial charge in [0, 0.05) is 28.4 Å². The molecular formula is C42H36N4. The average Bonchev–Trinajstić information content (AvgIpc) is 3.62. The monoisotopic (exact) mass is 596 g/mol. The molecule has 0 spiro atoms. The van der Waals surface area contributed by atoms with Crippen molar-refractivity contribution in [3.05, 3.63) is 173 Å². The number of hydrogen-bond acceptors (Lipinski definition) is 3. The number of nitrogens with one attached hydrogen (secondary N) is 1. The molecule has 1 N–H and O–H groups in total. The predicted molar refractivity (Wildman–Crippen MR) is 191 cm³/mol. The van der Waals surface area contributed by atoms with Crippen LogP contribution in [0, 0.1) is 5.92 Å². The van der Waals surface area contributed by atoms with E-state index in [4.69, 9.17) is 4.99 Å². The van der Waals surface area contributed by atoms with Gasteiger partial charge in [0.15, 0.2) is 0 Å². The zero-order chi connectivity index (χ0) is 30.8. The SMILES string of the molecule is CC1C=CC=CC1N1C2=Cc3c(c4ccccc4n3C3=NC(c4ccccc4)C=C(c4ccccc4)N3)C(C)C2c2ccccc21. The van der Waals surface area contributed by atoms with Crippen LogP contribution in [0.2, 0.25) is 0 Å². The van der Waals surface area contributed by atoms with Gasteiger partial charge in [-0.3, -0.25) is 4.57 Å². The molecule has 4 aliphatic rings. The van der Waals surface area contributed by atoms with Gasteiger partial charge in [0.05, 0.1) is 23.3 Å². The minimum atomic E-state index is -0.113. The summed E-state index contributed by atoms with van der Waals surface area (Å²) in [5.41, 5.74) is 11.3. The molecule has 4 nitrogen and oxygen atoms in total. The Bertz CT molecular complexity index is 2130. The van der Waals surface area contributed by atoms with E-state index in [0.29, 0.717) is 5.92 Å². The van der Waals surface area contributed by atoms with Crippen LogP contribution in [0.3, 0.4) is 0 Å². The lowest BCUT2D eigenvalue weighted by Crippen LogP contribution is -2.38. The van der Waals surface area contributed by atoms with Gasteiger partial charge in [-0.1, -0.05) is 135 Å². The summed E-state index contributed by atoms with van der Waals surface area (Å²) in [6.07, 6.45) is 13.8. The first-order chi connectivity index (χ1) is 22.7. The first-order valence-corrected chi connectivity index (χ1v) is 16.4. The van der Waals surface area contributed by atoms with Crippen molar-refractivity contribution < 1.29 is 0 Å². The van der Waals surface area contributed by atoms with E-state index in [-0.39, 0.29) is 23.9 Å². The second kappa shape index (κ2) is 10.6. The minimum Gasteiger partial charge on any atom is -0.337 e. The molecule has 0 fully saturated rings. The van der Waals surface area contributed by atoms with Gasteiger partial charge in [0.1, 0.15) is 0 Å². The number of benzene rings is 4. The molecule has 224 valence electrons. The van der Waals surface area contributed by atoms with Crippen molar-refractivity contribution >= 4 is 34.3 Å². The van der Waals surface area contributed by atoms with Crippen LogP contribution in [0.1, 0.15) is 59.7 Å². The second-order valence-electron chi connectivity index (χ2n) is 12.9. The summed E-state index contributed by atoms with van der Waals surface area (Å²) in [6.45, 7) is 4.75. The quantitative estimate of drug-likeness (QED) is 0.225. The van der Waals surface area contributed by atoms with Gasteiger partial charge in [-0.05, 0) is 58.4 Å². The maximum atomic E-state index is 5.43. The van der Waals surface area contributed by atoms with Crippen molar-refractivity contribution in [2.24, 2.45) is 10.9 Å². The van der Waals surface area contributed by atoms with E-state index in [2.05, 4.69) is 174 Å². The molecule has 5 aromatic rings. The molecule has 46 heavy (non-hydrogen) atoms. The van der Waals surface area contributed by atoms with E-state index in [1.54, 1.807) is 0 Å². The van der Waals surface area contributed by atoms with Crippen LogP contribution in [0.4, 0.5) is 5.69 Å². The van der Waals surface area contributed by atoms with Crippen molar-refractivity contribution in [3.8, 4) is 0 Å². The van der Waals surface area contributed by atoms with Crippen LogP contribution in [0.15, 0.2) is 150 Å². The molecule has 0 radical (unpaired) electrons. The first-order valence-electron chi connectivity index (χ1n) is 16.4. The number of hydrogen-bond donors (Lipinski definition) is 1. The Morgan fingerprint density at radius 3 is 2.28 bits per heavy atom. The Balaban J connectivity index is 1.27. The number of para-hydroxylation sites is 2. The topological polar surface area (TPSA) is 32.6 Å². The molecule has 1 aromatic heterocycles. The number of rotatable bonds is 3. The Labute approximate surface area is 270 Å². The average molecular weight is 597 g/mol. The normalized spacial score (nSPS) is 24.4. The maximum absolute atomic E-state index is 5.43. The van der Waals surface area contributed by atoms with E-state index in [9.17, 15) is 0 Å². The molecule has 5 unspecified atom stereocenters. The lowest BCUT2D eigenvalue weighted by atomic mass is 9.77. The number of aliphatic imine (C=N–C) groups is 1. The Hall–Kier alpha value is -5.35. The molecule has 2 aliphatic carbocycles. The number of allylic oxidation sites excluding steroid dienone is 3. The lowest BCUT2D eigenvalue weighted by molar-refractivity contribution is 0.573. The smallest absolute Gasteiger partial charge is 0.208 e. The molecule has 0 amide bonds. The molecule has 0 saturated heterocycles. The van der Waals surface area contributed by atoms with E-state index in [1.165, 1.54) is 44.7 Å².